The first-order valence-corrected chi connectivity index (χ1v) is 6.69. The molecule has 0 bridgehead atoms. The first-order valence-electron chi connectivity index (χ1n) is 6.31. The summed E-state index contributed by atoms with van der Waals surface area (Å²) in [5.74, 6) is 1.03. The molecule has 1 heterocycles. The number of halogens is 1. The van der Waals surface area contributed by atoms with Crippen LogP contribution in [0.4, 0.5) is 11.5 Å². The highest BCUT2D eigenvalue weighted by molar-refractivity contribution is 6.31. The van der Waals surface area contributed by atoms with Crippen molar-refractivity contribution in [2.45, 2.75) is 13.5 Å². The standard InChI is InChI=1S/C14H17ClN4O/c1-3-20-14-12(16)13(17-9-18-14)19(2)8-10-6-4-5-7-11(10)15/h4-7,9H,3,8,16H2,1-2H3. The van der Waals surface area contributed by atoms with Gasteiger partial charge in [0.2, 0.25) is 5.88 Å². The molecule has 0 atom stereocenters. The van der Waals surface area contributed by atoms with Gasteiger partial charge in [-0.2, -0.15) is 4.98 Å². The summed E-state index contributed by atoms with van der Waals surface area (Å²) in [6.45, 7) is 3.00. The van der Waals surface area contributed by atoms with Crippen LogP contribution in [-0.4, -0.2) is 23.6 Å². The van der Waals surface area contributed by atoms with Crippen LogP contribution in [0, 0.1) is 0 Å². The largest absolute Gasteiger partial charge is 0.476 e. The van der Waals surface area contributed by atoms with Crippen LogP contribution in [0.25, 0.3) is 0 Å². The molecule has 0 aliphatic heterocycles. The Kier molecular flexibility index (Phi) is 4.63. The van der Waals surface area contributed by atoms with E-state index in [2.05, 4.69) is 9.97 Å². The lowest BCUT2D eigenvalue weighted by Gasteiger charge is -2.21. The van der Waals surface area contributed by atoms with Gasteiger partial charge >= 0.3 is 0 Å². The quantitative estimate of drug-likeness (QED) is 0.918. The molecule has 1 aromatic heterocycles. The van der Waals surface area contributed by atoms with E-state index in [-0.39, 0.29) is 0 Å². The molecule has 2 aromatic rings. The van der Waals surface area contributed by atoms with E-state index in [1.165, 1.54) is 6.33 Å². The summed E-state index contributed by atoms with van der Waals surface area (Å²) >= 11 is 6.16. The molecule has 5 nitrogen and oxygen atoms in total. The zero-order chi connectivity index (χ0) is 14.5. The lowest BCUT2D eigenvalue weighted by atomic mass is 10.2. The molecular formula is C14H17ClN4O. The van der Waals surface area contributed by atoms with Gasteiger partial charge in [-0.15, -0.1) is 0 Å². The van der Waals surface area contributed by atoms with Crippen molar-refractivity contribution in [2.75, 3.05) is 24.3 Å². The minimum Gasteiger partial charge on any atom is -0.476 e. The number of nitrogens with two attached hydrogens (primary N) is 1. The fraction of sp³-hybridized carbons (Fsp3) is 0.286. The molecule has 0 amide bonds. The Hall–Kier alpha value is -2.01. The van der Waals surface area contributed by atoms with Gasteiger partial charge in [-0.3, -0.25) is 0 Å². The molecule has 6 heteroatoms. The summed E-state index contributed by atoms with van der Waals surface area (Å²) in [7, 11) is 1.90. The van der Waals surface area contributed by atoms with Crippen LogP contribution in [0.15, 0.2) is 30.6 Å². The summed E-state index contributed by atoms with van der Waals surface area (Å²) in [5.41, 5.74) is 7.48. The Labute approximate surface area is 123 Å². The van der Waals surface area contributed by atoms with Gasteiger partial charge in [-0.1, -0.05) is 29.8 Å². The number of nitrogens with zero attached hydrogens (tertiary/aromatic N) is 3. The molecule has 20 heavy (non-hydrogen) atoms. The summed E-state index contributed by atoms with van der Waals surface area (Å²) in [4.78, 5) is 10.2. The zero-order valence-electron chi connectivity index (χ0n) is 11.5. The third-order valence-corrected chi connectivity index (χ3v) is 3.20. The first-order chi connectivity index (χ1) is 9.63. The van der Waals surface area contributed by atoms with E-state index in [1.807, 2.05) is 43.1 Å². The third kappa shape index (κ3) is 3.11. The summed E-state index contributed by atoms with van der Waals surface area (Å²) in [6.07, 6.45) is 1.44. The third-order valence-electron chi connectivity index (χ3n) is 2.83. The summed E-state index contributed by atoms with van der Waals surface area (Å²) in [6, 6.07) is 7.68. The van der Waals surface area contributed by atoms with E-state index < -0.39 is 0 Å². The molecule has 106 valence electrons. The molecule has 0 unspecified atom stereocenters. The Morgan fingerprint density at radius 2 is 2.05 bits per heavy atom. The molecule has 0 fully saturated rings. The first kappa shape index (κ1) is 14.4. The van der Waals surface area contributed by atoms with Crippen molar-refractivity contribution >= 4 is 23.1 Å². The van der Waals surface area contributed by atoms with Crippen LogP contribution in [0.2, 0.25) is 5.02 Å². The number of anilines is 2. The van der Waals surface area contributed by atoms with E-state index in [0.29, 0.717) is 30.5 Å². The number of benzene rings is 1. The van der Waals surface area contributed by atoms with Crippen LogP contribution in [0.1, 0.15) is 12.5 Å². The zero-order valence-corrected chi connectivity index (χ0v) is 12.3. The van der Waals surface area contributed by atoms with Gasteiger partial charge < -0.3 is 15.4 Å². The number of ether oxygens (including phenoxy) is 1. The molecule has 0 saturated carbocycles. The molecule has 0 aliphatic rings. The topological polar surface area (TPSA) is 64.3 Å². The van der Waals surface area contributed by atoms with Gasteiger partial charge in [-0.25, -0.2) is 4.98 Å². The Bertz CT molecular complexity index is 591. The fourth-order valence-electron chi connectivity index (χ4n) is 1.88. The van der Waals surface area contributed by atoms with Crippen molar-refractivity contribution in [1.29, 1.82) is 0 Å². The lowest BCUT2D eigenvalue weighted by Crippen LogP contribution is -2.20. The van der Waals surface area contributed by atoms with Crippen molar-refractivity contribution in [3.05, 3.63) is 41.2 Å². The molecule has 1 aromatic carbocycles. The minimum absolute atomic E-state index is 0.406. The highest BCUT2D eigenvalue weighted by Crippen LogP contribution is 2.28. The molecule has 0 aliphatic carbocycles. The smallest absolute Gasteiger partial charge is 0.242 e. The Balaban J connectivity index is 2.23. The van der Waals surface area contributed by atoms with Crippen LogP contribution >= 0.6 is 11.6 Å². The van der Waals surface area contributed by atoms with Crippen molar-refractivity contribution in [2.24, 2.45) is 0 Å². The predicted octanol–water partition coefficient (Wildman–Crippen LogP) is 2.75. The van der Waals surface area contributed by atoms with Gasteiger partial charge in [0.25, 0.3) is 0 Å². The average Bonchev–Trinajstić information content (AvgIpc) is 2.44. The van der Waals surface area contributed by atoms with Crippen LogP contribution in [0.5, 0.6) is 5.88 Å². The van der Waals surface area contributed by atoms with Crippen LogP contribution in [0.3, 0.4) is 0 Å². The predicted molar refractivity (Wildman–Crippen MR) is 81.2 cm³/mol. The van der Waals surface area contributed by atoms with Gasteiger partial charge in [-0.05, 0) is 18.6 Å². The number of nitrogen functional groups attached to an aromatic ring is 1. The second kappa shape index (κ2) is 6.43. The highest BCUT2D eigenvalue weighted by atomic mass is 35.5. The normalized spacial score (nSPS) is 10.3. The van der Waals surface area contributed by atoms with Gasteiger partial charge in [0, 0.05) is 18.6 Å². The molecule has 0 spiro atoms. The SMILES string of the molecule is CCOc1ncnc(N(C)Cc2ccccc2Cl)c1N. The van der Waals surface area contributed by atoms with E-state index in [0.717, 1.165) is 10.6 Å². The van der Waals surface area contributed by atoms with E-state index >= 15 is 0 Å². The van der Waals surface area contributed by atoms with Crippen LogP contribution in [-0.2, 0) is 6.54 Å². The Morgan fingerprint density at radius 3 is 2.75 bits per heavy atom. The summed E-state index contributed by atoms with van der Waals surface area (Å²) in [5, 5.41) is 0.719. The number of rotatable bonds is 5. The highest BCUT2D eigenvalue weighted by Gasteiger charge is 2.14. The Morgan fingerprint density at radius 1 is 1.30 bits per heavy atom. The van der Waals surface area contributed by atoms with E-state index in [9.17, 15) is 0 Å². The second-order valence-electron chi connectivity index (χ2n) is 4.30. The monoisotopic (exact) mass is 292 g/mol. The molecule has 2 N–H and O–H groups in total. The minimum atomic E-state index is 0.406. The maximum atomic E-state index is 6.16. The van der Waals surface area contributed by atoms with Gasteiger partial charge in [0.1, 0.15) is 12.0 Å². The average molecular weight is 293 g/mol. The number of hydrogen-bond donors (Lipinski definition) is 1. The van der Waals surface area contributed by atoms with Crippen molar-refractivity contribution in [3.63, 3.8) is 0 Å². The van der Waals surface area contributed by atoms with Gasteiger partial charge in [0.05, 0.1) is 6.61 Å². The molecule has 2 rings (SSSR count). The van der Waals surface area contributed by atoms with E-state index in [1.54, 1.807) is 0 Å². The van der Waals surface area contributed by atoms with Crippen LogP contribution < -0.4 is 15.4 Å². The van der Waals surface area contributed by atoms with Crippen molar-refractivity contribution in [3.8, 4) is 5.88 Å². The second-order valence-corrected chi connectivity index (χ2v) is 4.70. The number of aromatic nitrogens is 2. The maximum Gasteiger partial charge on any atom is 0.242 e. The molecular weight excluding hydrogens is 276 g/mol. The van der Waals surface area contributed by atoms with Crippen molar-refractivity contribution < 1.29 is 4.74 Å². The summed E-state index contributed by atoms with van der Waals surface area (Å²) < 4.78 is 5.37. The number of hydrogen-bond acceptors (Lipinski definition) is 5. The molecule has 0 radical (unpaired) electrons. The fourth-order valence-corrected chi connectivity index (χ4v) is 2.08. The molecule has 0 saturated heterocycles. The van der Waals surface area contributed by atoms with Gasteiger partial charge in [0.15, 0.2) is 5.82 Å². The maximum absolute atomic E-state index is 6.16. The van der Waals surface area contributed by atoms with Crippen molar-refractivity contribution in [1.82, 2.24) is 9.97 Å². The van der Waals surface area contributed by atoms with E-state index in [4.69, 9.17) is 22.1 Å². The lowest BCUT2D eigenvalue weighted by molar-refractivity contribution is 0.328.